The Labute approximate surface area is 309 Å². The van der Waals surface area contributed by atoms with Gasteiger partial charge in [0.2, 0.25) is 5.71 Å². The molecule has 254 valence electrons. The standard InChI is InChI=1S/C49H31N3O2/c1-3-4-15-31-28-38-41(26-29(31)2)53-47-43(38)35-21-9-8-20-34(35)42-36-22-10-12-24-39(36)52(46(42)47)48-44(33-19-14-18-32(27-33)30-16-6-5-7-17-30)50-45-37-23-11-13-25-40(37)54-49(45)51-48/h3-28H,1H2,2H3/b15-4-. The van der Waals surface area contributed by atoms with Crippen LogP contribution in [0.15, 0.2) is 167 Å². The summed E-state index contributed by atoms with van der Waals surface area (Å²) < 4.78 is 15.7. The fraction of sp³-hybridized carbons (Fsp3) is 0.0204. The van der Waals surface area contributed by atoms with Crippen LogP contribution in [0.25, 0.3) is 111 Å². The summed E-state index contributed by atoms with van der Waals surface area (Å²) in [5.41, 5.74) is 11.7. The first kappa shape index (κ1) is 30.4. The molecule has 5 nitrogen and oxygen atoms in total. The average molecular weight is 694 g/mol. The van der Waals surface area contributed by atoms with Gasteiger partial charge in [0.05, 0.1) is 11.0 Å². The molecule has 0 bridgehead atoms. The summed E-state index contributed by atoms with van der Waals surface area (Å²) in [5.74, 6) is 0.667. The fourth-order valence-corrected chi connectivity index (χ4v) is 8.25. The number of hydrogen-bond donors (Lipinski definition) is 0. The van der Waals surface area contributed by atoms with Crippen LogP contribution in [0.5, 0.6) is 0 Å². The van der Waals surface area contributed by atoms with Gasteiger partial charge in [0, 0.05) is 32.5 Å². The summed E-state index contributed by atoms with van der Waals surface area (Å²) >= 11 is 0. The van der Waals surface area contributed by atoms with Gasteiger partial charge in [-0.15, -0.1) is 0 Å². The lowest BCUT2D eigenvalue weighted by Gasteiger charge is -2.14. The second-order valence-electron chi connectivity index (χ2n) is 13.8. The molecule has 0 atom stereocenters. The third-order valence-corrected chi connectivity index (χ3v) is 10.7. The van der Waals surface area contributed by atoms with E-state index in [4.69, 9.17) is 18.8 Å². The van der Waals surface area contributed by atoms with Gasteiger partial charge in [0.1, 0.15) is 22.4 Å². The molecule has 0 spiro atoms. The van der Waals surface area contributed by atoms with Crippen LogP contribution in [-0.2, 0) is 0 Å². The molecule has 5 heteroatoms. The zero-order valence-corrected chi connectivity index (χ0v) is 29.4. The third kappa shape index (κ3) is 4.39. The molecule has 7 aromatic carbocycles. The Balaban J connectivity index is 1.33. The maximum atomic E-state index is 7.03. The van der Waals surface area contributed by atoms with Crippen LogP contribution in [0.1, 0.15) is 11.1 Å². The first-order chi connectivity index (χ1) is 26.7. The van der Waals surface area contributed by atoms with Crippen molar-refractivity contribution in [2.75, 3.05) is 0 Å². The zero-order valence-electron chi connectivity index (χ0n) is 29.4. The lowest BCUT2D eigenvalue weighted by molar-refractivity contribution is 0.651. The SMILES string of the molecule is C=C/C=C\c1cc2c(cc1C)oc1c2c2ccccc2c2c3ccccc3n(-c3nc4oc5ccccc5c4nc3-c3cccc(-c4ccccc4)c3)c12. The highest BCUT2D eigenvalue weighted by atomic mass is 16.3. The molecule has 0 fully saturated rings. The van der Waals surface area contributed by atoms with E-state index < -0.39 is 0 Å². The summed E-state index contributed by atoms with van der Waals surface area (Å²) in [5, 5.41) is 7.54. The predicted octanol–water partition coefficient (Wildman–Crippen LogP) is 13.4. The Bertz CT molecular complexity index is 3360. The molecule has 0 amide bonds. The number of allylic oxidation sites excluding steroid dienone is 2. The van der Waals surface area contributed by atoms with Gasteiger partial charge in [0.15, 0.2) is 11.4 Å². The van der Waals surface area contributed by atoms with Crippen molar-refractivity contribution < 1.29 is 8.83 Å². The van der Waals surface area contributed by atoms with Gasteiger partial charge < -0.3 is 8.83 Å². The van der Waals surface area contributed by atoms with Gasteiger partial charge in [-0.1, -0.05) is 128 Å². The molecule has 54 heavy (non-hydrogen) atoms. The summed E-state index contributed by atoms with van der Waals surface area (Å²) in [6.07, 6.45) is 5.89. The molecule has 4 heterocycles. The number of benzene rings is 7. The number of aryl methyl sites for hydroxylation is 1. The molecule has 4 aromatic heterocycles. The van der Waals surface area contributed by atoms with E-state index in [0.717, 1.165) is 105 Å². The molecule has 11 rings (SSSR count). The summed E-state index contributed by atoms with van der Waals surface area (Å²) in [7, 11) is 0. The van der Waals surface area contributed by atoms with Crippen LogP contribution in [0, 0.1) is 6.92 Å². The van der Waals surface area contributed by atoms with Crippen molar-refractivity contribution >= 4 is 82.8 Å². The molecule has 0 radical (unpaired) electrons. The topological polar surface area (TPSA) is 57.0 Å². The molecular weight excluding hydrogens is 663 g/mol. The Morgan fingerprint density at radius 3 is 2.13 bits per heavy atom. The average Bonchev–Trinajstić information content (AvgIpc) is 3.89. The molecule has 0 saturated carbocycles. The summed E-state index contributed by atoms with van der Waals surface area (Å²) in [6.45, 7) is 6.02. The smallest absolute Gasteiger partial charge is 0.248 e. The molecule has 0 unspecified atom stereocenters. The van der Waals surface area contributed by atoms with E-state index in [1.807, 2.05) is 42.5 Å². The maximum Gasteiger partial charge on any atom is 0.248 e. The van der Waals surface area contributed by atoms with E-state index in [2.05, 4.69) is 133 Å². The molecule has 0 aliphatic carbocycles. The molecule has 0 saturated heterocycles. The van der Waals surface area contributed by atoms with Crippen molar-refractivity contribution in [3.63, 3.8) is 0 Å². The zero-order chi connectivity index (χ0) is 35.9. The molecule has 0 N–H and O–H groups in total. The van der Waals surface area contributed by atoms with Crippen molar-refractivity contribution in [3.05, 3.63) is 169 Å². The second-order valence-corrected chi connectivity index (χ2v) is 13.8. The van der Waals surface area contributed by atoms with Crippen molar-refractivity contribution in [3.8, 4) is 28.2 Å². The highest BCUT2D eigenvalue weighted by Crippen LogP contribution is 2.47. The third-order valence-electron chi connectivity index (χ3n) is 10.7. The van der Waals surface area contributed by atoms with Crippen LogP contribution in [-0.4, -0.2) is 14.5 Å². The van der Waals surface area contributed by atoms with E-state index in [9.17, 15) is 0 Å². The predicted molar refractivity (Wildman–Crippen MR) is 223 cm³/mol. The first-order valence-electron chi connectivity index (χ1n) is 18.1. The monoisotopic (exact) mass is 693 g/mol. The first-order valence-corrected chi connectivity index (χ1v) is 18.1. The summed E-state index contributed by atoms with van der Waals surface area (Å²) in [6, 6.07) is 48.6. The van der Waals surface area contributed by atoms with E-state index in [0.29, 0.717) is 11.5 Å². The van der Waals surface area contributed by atoms with Gasteiger partial charge in [-0.3, -0.25) is 4.57 Å². The van der Waals surface area contributed by atoms with Gasteiger partial charge in [-0.25, -0.2) is 4.98 Å². The Morgan fingerprint density at radius 1 is 0.593 bits per heavy atom. The van der Waals surface area contributed by atoms with Gasteiger partial charge in [-0.2, -0.15) is 4.98 Å². The van der Waals surface area contributed by atoms with E-state index in [-0.39, 0.29) is 0 Å². The van der Waals surface area contributed by atoms with Gasteiger partial charge in [-0.05, 0) is 76.3 Å². The van der Waals surface area contributed by atoms with E-state index in [1.165, 1.54) is 0 Å². The quantitative estimate of drug-likeness (QED) is 0.168. The molecule has 11 aromatic rings. The molecule has 0 aliphatic rings. The van der Waals surface area contributed by atoms with Crippen molar-refractivity contribution in [2.45, 2.75) is 6.92 Å². The lowest BCUT2D eigenvalue weighted by Crippen LogP contribution is -2.03. The van der Waals surface area contributed by atoms with E-state index >= 15 is 0 Å². The number of furan rings is 2. The van der Waals surface area contributed by atoms with Crippen molar-refractivity contribution in [2.24, 2.45) is 0 Å². The number of hydrogen-bond acceptors (Lipinski definition) is 4. The second kappa shape index (κ2) is 11.6. The fourth-order valence-electron chi connectivity index (χ4n) is 8.25. The Kier molecular flexibility index (Phi) is 6.55. The van der Waals surface area contributed by atoms with Gasteiger partial charge >= 0.3 is 0 Å². The minimum Gasteiger partial charge on any atom is -0.454 e. The van der Waals surface area contributed by atoms with Crippen LogP contribution in [0.4, 0.5) is 0 Å². The van der Waals surface area contributed by atoms with Crippen LogP contribution < -0.4 is 0 Å². The Morgan fingerprint density at radius 2 is 1.30 bits per heavy atom. The van der Waals surface area contributed by atoms with E-state index in [1.54, 1.807) is 0 Å². The summed E-state index contributed by atoms with van der Waals surface area (Å²) in [4.78, 5) is 10.9. The Hall–Kier alpha value is -7.24. The minimum absolute atomic E-state index is 0.482. The number of para-hydroxylation sites is 2. The number of aromatic nitrogens is 3. The van der Waals surface area contributed by atoms with Crippen LogP contribution in [0.2, 0.25) is 0 Å². The van der Waals surface area contributed by atoms with Crippen molar-refractivity contribution in [1.82, 2.24) is 14.5 Å². The number of fused-ring (bicyclic) bond motifs is 13. The normalized spacial score (nSPS) is 12.2. The van der Waals surface area contributed by atoms with Crippen LogP contribution in [0.3, 0.4) is 0 Å². The van der Waals surface area contributed by atoms with Crippen molar-refractivity contribution in [1.29, 1.82) is 0 Å². The lowest BCUT2D eigenvalue weighted by atomic mass is 9.97. The molecular formula is C49H31N3O2. The largest absolute Gasteiger partial charge is 0.454 e. The van der Waals surface area contributed by atoms with Gasteiger partial charge in [0.25, 0.3) is 0 Å². The highest BCUT2D eigenvalue weighted by Gasteiger charge is 2.27. The van der Waals surface area contributed by atoms with Crippen LogP contribution >= 0.6 is 0 Å². The number of nitrogens with zero attached hydrogens (tertiary/aromatic N) is 3. The maximum absolute atomic E-state index is 7.03. The molecule has 0 aliphatic heterocycles. The highest BCUT2D eigenvalue weighted by molar-refractivity contribution is 6.35. The minimum atomic E-state index is 0.482. The number of rotatable bonds is 5.